The van der Waals surface area contributed by atoms with Crippen LogP contribution in [0.1, 0.15) is 30.1 Å². The van der Waals surface area contributed by atoms with Gasteiger partial charge in [-0.05, 0) is 25.5 Å². The Bertz CT molecular complexity index is 320. The number of aliphatic hydroxyl groups excluding tert-OH is 1. The summed E-state index contributed by atoms with van der Waals surface area (Å²) in [5, 5.41) is 8.65. The molecule has 0 unspecified atom stereocenters. The second-order valence-corrected chi connectivity index (χ2v) is 3.18. The fourth-order valence-electron chi connectivity index (χ4n) is 1.35. The van der Waals surface area contributed by atoms with E-state index in [2.05, 4.69) is 0 Å². The Kier molecular flexibility index (Phi) is 4.84. The Labute approximate surface area is 89.7 Å². The molecule has 3 heteroatoms. The van der Waals surface area contributed by atoms with Gasteiger partial charge in [-0.25, -0.2) is 0 Å². The van der Waals surface area contributed by atoms with Gasteiger partial charge in [0, 0.05) is 13.0 Å². The summed E-state index contributed by atoms with van der Waals surface area (Å²) in [6.45, 7) is 2.47. The van der Waals surface area contributed by atoms with Crippen LogP contribution in [0.25, 0.3) is 0 Å². The van der Waals surface area contributed by atoms with E-state index in [-0.39, 0.29) is 12.4 Å². The van der Waals surface area contributed by atoms with Crippen LogP contribution < -0.4 is 4.74 Å². The number of carbonyl (C=O) groups is 1. The van der Waals surface area contributed by atoms with Crippen molar-refractivity contribution in [3.63, 3.8) is 0 Å². The molecule has 0 saturated carbocycles. The third-order valence-electron chi connectivity index (χ3n) is 2.05. The molecule has 0 atom stereocenters. The van der Waals surface area contributed by atoms with Gasteiger partial charge in [-0.3, -0.25) is 4.79 Å². The van der Waals surface area contributed by atoms with Gasteiger partial charge in [0.25, 0.3) is 0 Å². The van der Waals surface area contributed by atoms with Gasteiger partial charge in [0.15, 0.2) is 5.78 Å². The van der Waals surface area contributed by atoms with Crippen molar-refractivity contribution in [2.75, 3.05) is 13.2 Å². The van der Waals surface area contributed by atoms with Crippen LogP contribution in [0.15, 0.2) is 24.3 Å². The highest BCUT2D eigenvalue weighted by Crippen LogP contribution is 2.19. The number of hydrogen-bond acceptors (Lipinski definition) is 3. The van der Waals surface area contributed by atoms with Gasteiger partial charge in [0.05, 0.1) is 12.2 Å². The molecular formula is C12H16O3. The summed E-state index contributed by atoms with van der Waals surface area (Å²) in [5.41, 5.74) is 0.604. The zero-order chi connectivity index (χ0) is 11.1. The predicted molar refractivity (Wildman–Crippen MR) is 58.3 cm³/mol. The summed E-state index contributed by atoms with van der Waals surface area (Å²) in [6, 6.07) is 7.20. The average molecular weight is 208 g/mol. The van der Waals surface area contributed by atoms with Crippen molar-refractivity contribution in [3.8, 4) is 5.75 Å². The Hall–Kier alpha value is -1.35. The van der Waals surface area contributed by atoms with E-state index in [1.54, 1.807) is 12.1 Å². The molecule has 0 aliphatic heterocycles. The molecule has 1 aromatic carbocycles. The van der Waals surface area contributed by atoms with Gasteiger partial charge in [0.1, 0.15) is 5.75 Å². The lowest BCUT2D eigenvalue weighted by Crippen LogP contribution is -2.04. The monoisotopic (exact) mass is 208 g/mol. The fourth-order valence-corrected chi connectivity index (χ4v) is 1.35. The molecule has 3 nitrogen and oxygen atoms in total. The van der Waals surface area contributed by atoms with Crippen LogP contribution in [0.2, 0.25) is 0 Å². The number of carbonyl (C=O) groups excluding carboxylic acids is 1. The lowest BCUT2D eigenvalue weighted by atomic mass is 10.1. The molecule has 0 radical (unpaired) electrons. The van der Waals surface area contributed by atoms with Crippen LogP contribution in [-0.4, -0.2) is 24.1 Å². The normalized spacial score (nSPS) is 10.0. The maximum absolute atomic E-state index is 11.7. The molecule has 1 rings (SSSR count). The van der Waals surface area contributed by atoms with E-state index >= 15 is 0 Å². The smallest absolute Gasteiger partial charge is 0.166 e. The number of Topliss-reactive ketones (excluding diaryl/α,β-unsaturated/α-hetero) is 1. The van der Waals surface area contributed by atoms with E-state index in [1.165, 1.54) is 0 Å². The van der Waals surface area contributed by atoms with Crippen LogP contribution in [0.5, 0.6) is 5.75 Å². The first-order valence-corrected chi connectivity index (χ1v) is 5.15. The second kappa shape index (κ2) is 6.19. The van der Waals surface area contributed by atoms with Gasteiger partial charge in [-0.2, -0.15) is 0 Å². The summed E-state index contributed by atoms with van der Waals surface area (Å²) in [4.78, 5) is 11.7. The van der Waals surface area contributed by atoms with E-state index in [0.29, 0.717) is 30.8 Å². The van der Waals surface area contributed by atoms with Crippen molar-refractivity contribution >= 4 is 5.78 Å². The third kappa shape index (κ3) is 3.36. The number of ether oxygens (including phenoxy) is 1. The minimum absolute atomic E-state index is 0.0214. The van der Waals surface area contributed by atoms with E-state index in [1.807, 2.05) is 19.1 Å². The molecule has 0 fully saturated rings. The number of para-hydroxylation sites is 1. The fraction of sp³-hybridized carbons (Fsp3) is 0.417. The number of rotatable bonds is 6. The molecule has 0 heterocycles. The van der Waals surface area contributed by atoms with Crippen LogP contribution >= 0.6 is 0 Å². The van der Waals surface area contributed by atoms with Crippen molar-refractivity contribution < 1.29 is 14.6 Å². The zero-order valence-electron chi connectivity index (χ0n) is 8.90. The van der Waals surface area contributed by atoms with Crippen LogP contribution in [0, 0.1) is 0 Å². The van der Waals surface area contributed by atoms with Crippen LogP contribution in [0.4, 0.5) is 0 Å². The molecule has 1 aromatic rings. The molecule has 0 saturated heterocycles. The topological polar surface area (TPSA) is 46.5 Å². The third-order valence-corrected chi connectivity index (χ3v) is 2.05. The van der Waals surface area contributed by atoms with Crippen molar-refractivity contribution in [2.24, 2.45) is 0 Å². The highest BCUT2D eigenvalue weighted by molar-refractivity contribution is 5.98. The summed E-state index contributed by atoms with van der Waals surface area (Å²) in [6.07, 6.45) is 0.861. The zero-order valence-corrected chi connectivity index (χ0v) is 8.90. The number of hydrogen-bond donors (Lipinski definition) is 1. The molecule has 0 amide bonds. The number of ketones is 1. The molecular weight excluding hydrogens is 192 g/mol. The lowest BCUT2D eigenvalue weighted by Gasteiger charge is -2.08. The van der Waals surface area contributed by atoms with Crippen molar-refractivity contribution in [1.29, 1.82) is 0 Å². The van der Waals surface area contributed by atoms with Gasteiger partial charge >= 0.3 is 0 Å². The Morgan fingerprint density at radius 1 is 1.40 bits per heavy atom. The molecule has 0 bridgehead atoms. The molecule has 0 aromatic heterocycles. The molecule has 0 spiro atoms. The van der Waals surface area contributed by atoms with Gasteiger partial charge in [0.2, 0.25) is 0 Å². The molecule has 82 valence electrons. The maximum Gasteiger partial charge on any atom is 0.166 e. The van der Waals surface area contributed by atoms with Crippen LogP contribution in [0.3, 0.4) is 0 Å². The van der Waals surface area contributed by atoms with Gasteiger partial charge in [-0.1, -0.05) is 12.1 Å². The van der Waals surface area contributed by atoms with E-state index in [0.717, 1.165) is 0 Å². The quantitative estimate of drug-likeness (QED) is 0.728. The molecule has 0 aliphatic carbocycles. The SMILES string of the molecule is CCOc1ccccc1C(=O)CCCO. The van der Waals surface area contributed by atoms with E-state index < -0.39 is 0 Å². The standard InChI is InChI=1S/C12H16O3/c1-2-15-12-8-4-3-6-10(12)11(14)7-5-9-13/h3-4,6,8,13H,2,5,7,9H2,1H3. The highest BCUT2D eigenvalue weighted by Gasteiger charge is 2.10. The second-order valence-electron chi connectivity index (χ2n) is 3.18. The Morgan fingerprint density at radius 3 is 2.80 bits per heavy atom. The first-order chi connectivity index (χ1) is 7.29. The molecule has 1 N–H and O–H groups in total. The van der Waals surface area contributed by atoms with Crippen molar-refractivity contribution in [1.82, 2.24) is 0 Å². The molecule has 0 aliphatic rings. The summed E-state index contributed by atoms with van der Waals surface area (Å²) in [7, 11) is 0. The first-order valence-electron chi connectivity index (χ1n) is 5.15. The summed E-state index contributed by atoms with van der Waals surface area (Å²) in [5.74, 6) is 0.649. The minimum atomic E-state index is 0.0214. The van der Waals surface area contributed by atoms with Crippen LogP contribution in [-0.2, 0) is 0 Å². The Balaban J connectivity index is 2.77. The summed E-state index contributed by atoms with van der Waals surface area (Å²) >= 11 is 0. The van der Waals surface area contributed by atoms with E-state index in [4.69, 9.17) is 9.84 Å². The lowest BCUT2D eigenvalue weighted by molar-refractivity contribution is 0.0967. The molecule has 15 heavy (non-hydrogen) atoms. The van der Waals surface area contributed by atoms with Crippen molar-refractivity contribution in [3.05, 3.63) is 29.8 Å². The number of benzene rings is 1. The number of aliphatic hydroxyl groups is 1. The highest BCUT2D eigenvalue weighted by atomic mass is 16.5. The average Bonchev–Trinajstić information content (AvgIpc) is 2.27. The van der Waals surface area contributed by atoms with E-state index in [9.17, 15) is 4.79 Å². The maximum atomic E-state index is 11.7. The largest absolute Gasteiger partial charge is 0.493 e. The van der Waals surface area contributed by atoms with Crippen molar-refractivity contribution in [2.45, 2.75) is 19.8 Å². The van der Waals surface area contributed by atoms with Gasteiger partial charge in [-0.15, -0.1) is 0 Å². The first kappa shape index (κ1) is 11.7. The van der Waals surface area contributed by atoms with Gasteiger partial charge < -0.3 is 9.84 Å². The Morgan fingerprint density at radius 2 is 2.13 bits per heavy atom. The summed E-state index contributed by atoms with van der Waals surface area (Å²) < 4.78 is 5.35. The predicted octanol–water partition coefficient (Wildman–Crippen LogP) is 2.04. The minimum Gasteiger partial charge on any atom is -0.493 e.